The third-order valence-corrected chi connectivity index (χ3v) is 3.18. The van der Waals surface area contributed by atoms with Gasteiger partial charge in [0.2, 0.25) is 0 Å². The van der Waals surface area contributed by atoms with Crippen LogP contribution in [0.5, 0.6) is 0 Å². The number of H-pyrrole nitrogens is 1. The summed E-state index contributed by atoms with van der Waals surface area (Å²) in [7, 11) is 0. The van der Waals surface area contributed by atoms with Crippen molar-refractivity contribution in [2.45, 2.75) is 6.10 Å². The summed E-state index contributed by atoms with van der Waals surface area (Å²) in [5, 5.41) is 11.1. The van der Waals surface area contributed by atoms with Crippen molar-refractivity contribution in [3.63, 3.8) is 0 Å². The normalized spacial score (nSPS) is 12.8. The summed E-state index contributed by atoms with van der Waals surface area (Å²) < 4.78 is 26.6. The lowest BCUT2D eigenvalue weighted by Gasteiger charge is -2.13. The predicted octanol–water partition coefficient (Wildman–Crippen LogP) is 3.53. The molecule has 1 aromatic heterocycles. The minimum Gasteiger partial charge on any atom is -0.384 e. The number of halogens is 2. The molecular formula is C15H11F2NO. The minimum atomic E-state index is -1.12. The van der Waals surface area contributed by atoms with Crippen LogP contribution in [0.3, 0.4) is 0 Å². The molecule has 96 valence electrons. The Hall–Kier alpha value is -2.20. The van der Waals surface area contributed by atoms with Crippen molar-refractivity contribution in [2.75, 3.05) is 0 Å². The second-order valence-electron chi connectivity index (χ2n) is 4.35. The zero-order valence-corrected chi connectivity index (χ0v) is 9.90. The average Bonchev–Trinajstić information content (AvgIpc) is 2.86. The van der Waals surface area contributed by atoms with Gasteiger partial charge in [0.25, 0.3) is 0 Å². The molecule has 1 atom stereocenters. The van der Waals surface area contributed by atoms with Crippen LogP contribution < -0.4 is 0 Å². The van der Waals surface area contributed by atoms with Crippen LogP contribution in [0.2, 0.25) is 0 Å². The summed E-state index contributed by atoms with van der Waals surface area (Å²) in [6, 6.07) is 10.4. The Morgan fingerprint density at radius 3 is 2.63 bits per heavy atom. The fourth-order valence-corrected chi connectivity index (χ4v) is 2.24. The molecule has 0 amide bonds. The number of benzene rings is 2. The van der Waals surface area contributed by atoms with Gasteiger partial charge in [-0.15, -0.1) is 0 Å². The summed E-state index contributed by atoms with van der Waals surface area (Å²) in [4.78, 5) is 3.03. The number of aromatic amines is 1. The summed E-state index contributed by atoms with van der Waals surface area (Å²) >= 11 is 0. The minimum absolute atomic E-state index is 0.0649. The average molecular weight is 259 g/mol. The van der Waals surface area contributed by atoms with Crippen LogP contribution in [-0.4, -0.2) is 10.1 Å². The maximum atomic E-state index is 13.7. The second kappa shape index (κ2) is 4.48. The van der Waals surface area contributed by atoms with Gasteiger partial charge in [0.15, 0.2) is 0 Å². The number of aromatic nitrogens is 1. The zero-order valence-electron chi connectivity index (χ0n) is 9.90. The zero-order chi connectivity index (χ0) is 13.4. The van der Waals surface area contributed by atoms with Crippen LogP contribution in [0.4, 0.5) is 8.78 Å². The van der Waals surface area contributed by atoms with Gasteiger partial charge in [-0.05, 0) is 23.8 Å². The molecule has 0 radical (unpaired) electrons. The van der Waals surface area contributed by atoms with Crippen LogP contribution in [0, 0.1) is 11.6 Å². The number of nitrogens with one attached hydrogen (secondary N) is 1. The molecule has 2 nitrogen and oxygen atoms in total. The third-order valence-electron chi connectivity index (χ3n) is 3.18. The van der Waals surface area contributed by atoms with E-state index in [1.807, 2.05) is 12.1 Å². The maximum absolute atomic E-state index is 13.7. The van der Waals surface area contributed by atoms with E-state index in [9.17, 15) is 13.9 Å². The highest BCUT2D eigenvalue weighted by atomic mass is 19.1. The predicted molar refractivity (Wildman–Crippen MR) is 68.7 cm³/mol. The largest absolute Gasteiger partial charge is 0.384 e. The summed E-state index contributed by atoms with van der Waals surface area (Å²) in [5.74, 6) is -1.41. The fourth-order valence-electron chi connectivity index (χ4n) is 2.24. The van der Waals surface area contributed by atoms with Crippen LogP contribution in [0.15, 0.2) is 48.7 Å². The fraction of sp³-hybridized carbons (Fsp3) is 0.0667. The molecule has 0 aliphatic heterocycles. The molecule has 1 heterocycles. The molecule has 0 bridgehead atoms. The Balaban J connectivity index is 2.13. The topological polar surface area (TPSA) is 36.0 Å². The monoisotopic (exact) mass is 259 g/mol. The molecule has 0 aliphatic carbocycles. The Bertz CT molecular complexity index is 736. The van der Waals surface area contributed by atoms with Crippen LogP contribution in [-0.2, 0) is 0 Å². The highest BCUT2D eigenvalue weighted by molar-refractivity contribution is 5.83. The van der Waals surface area contributed by atoms with E-state index >= 15 is 0 Å². The molecule has 4 heteroatoms. The van der Waals surface area contributed by atoms with Gasteiger partial charge in [-0.2, -0.15) is 0 Å². The van der Waals surface area contributed by atoms with Gasteiger partial charge in [-0.1, -0.05) is 18.2 Å². The molecule has 19 heavy (non-hydrogen) atoms. The first kappa shape index (κ1) is 11.9. The van der Waals surface area contributed by atoms with E-state index in [2.05, 4.69) is 4.98 Å². The number of aliphatic hydroxyl groups is 1. The first-order chi connectivity index (χ1) is 9.16. The number of hydrogen-bond donors (Lipinski definition) is 2. The molecule has 2 aromatic carbocycles. The van der Waals surface area contributed by atoms with Crippen LogP contribution in [0.1, 0.15) is 17.2 Å². The first-order valence-electron chi connectivity index (χ1n) is 5.86. The molecule has 0 fully saturated rings. The summed E-state index contributed by atoms with van der Waals surface area (Å²) in [6.07, 6.45) is 0.627. The first-order valence-corrected chi connectivity index (χ1v) is 5.86. The Labute approximate surface area is 108 Å². The molecule has 2 N–H and O–H groups in total. The van der Waals surface area contributed by atoms with Crippen molar-refractivity contribution in [1.82, 2.24) is 4.98 Å². The van der Waals surface area contributed by atoms with E-state index in [4.69, 9.17) is 0 Å². The Morgan fingerprint density at radius 2 is 1.84 bits per heavy atom. The van der Waals surface area contributed by atoms with Gasteiger partial charge >= 0.3 is 0 Å². The van der Waals surface area contributed by atoms with Crippen molar-refractivity contribution >= 4 is 10.9 Å². The van der Waals surface area contributed by atoms with Crippen molar-refractivity contribution < 1.29 is 13.9 Å². The maximum Gasteiger partial charge on any atom is 0.132 e. The number of aliphatic hydroxyl groups excluding tert-OH is 1. The van der Waals surface area contributed by atoms with E-state index in [0.29, 0.717) is 5.56 Å². The lowest BCUT2D eigenvalue weighted by Crippen LogP contribution is -2.03. The molecule has 3 aromatic rings. The Kier molecular flexibility index (Phi) is 2.80. The van der Waals surface area contributed by atoms with Crippen LogP contribution in [0.25, 0.3) is 10.9 Å². The lowest BCUT2D eigenvalue weighted by atomic mass is 9.98. The van der Waals surface area contributed by atoms with Gasteiger partial charge in [0.05, 0.1) is 0 Å². The molecule has 1 unspecified atom stereocenters. The number of rotatable bonds is 2. The molecule has 0 saturated heterocycles. The third kappa shape index (κ3) is 2.00. The SMILES string of the molecule is OC(c1ccc(F)cc1F)c1cccc2[nH]ccc12. The van der Waals surface area contributed by atoms with Crippen LogP contribution >= 0.6 is 0 Å². The molecule has 3 rings (SSSR count). The van der Waals surface area contributed by atoms with E-state index in [1.54, 1.807) is 18.3 Å². The van der Waals surface area contributed by atoms with Gasteiger partial charge in [0.1, 0.15) is 17.7 Å². The summed E-state index contributed by atoms with van der Waals surface area (Å²) in [5.41, 5.74) is 1.51. The van der Waals surface area contributed by atoms with E-state index < -0.39 is 17.7 Å². The number of hydrogen-bond acceptors (Lipinski definition) is 1. The molecular weight excluding hydrogens is 248 g/mol. The van der Waals surface area contributed by atoms with E-state index in [0.717, 1.165) is 23.0 Å². The van der Waals surface area contributed by atoms with Gasteiger partial charge < -0.3 is 10.1 Å². The highest BCUT2D eigenvalue weighted by Crippen LogP contribution is 2.30. The quantitative estimate of drug-likeness (QED) is 0.725. The second-order valence-corrected chi connectivity index (χ2v) is 4.35. The van der Waals surface area contributed by atoms with Gasteiger partial charge in [-0.3, -0.25) is 0 Å². The summed E-state index contributed by atoms with van der Waals surface area (Å²) in [6.45, 7) is 0. The molecule has 0 saturated carbocycles. The van der Waals surface area contributed by atoms with Crippen molar-refractivity contribution in [3.05, 3.63) is 71.4 Å². The smallest absolute Gasteiger partial charge is 0.132 e. The lowest BCUT2D eigenvalue weighted by molar-refractivity contribution is 0.216. The van der Waals surface area contributed by atoms with Crippen molar-refractivity contribution in [2.24, 2.45) is 0 Å². The standard InChI is InChI=1S/C15H11F2NO/c16-9-4-5-12(13(17)8-9)15(19)11-2-1-3-14-10(11)6-7-18-14/h1-8,15,18-19H. The highest BCUT2D eigenvalue weighted by Gasteiger charge is 2.17. The molecule has 0 spiro atoms. The molecule has 0 aliphatic rings. The Morgan fingerprint density at radius 1 is 1.00 bits per heavy atom. The van der Waals surface area contributed by atoms with Gasteiger partial charge in [-0.25, -0.2) is 8.78 Å². The van der Waals surface area contributed by atoms with Gasteiger partial charge in [0, 0.05) is 28.7 Å². The number of fused-ring (bicyclic) bond motifs is 1. The van der Waals surface area contributed by atoms with Crippen molar-refractivity contribution in [3.8, 4) is 0 Å². The van der Waals surface area contributed by atoms with E-state index in [1.165, 1.54) is 6.07 Å². The van der Waals surface area contributed by atoms with Crippen molar-refractivity contribution in [1.29, 1.82) is 0 Å². The van der Waals surface area contributed by atoms with E-state index in [-0.39, 0.29) is 5.56 Å².